The predicted octanol–water partition coefficient (Wildman–Crippen LogP) is 5.30. The molecule has 188 valence electrons. The number of hydrogen-bond acceptors (Lipinski definition) is 6. The SMILES string of the molecule is O=C(CC1CCC(CCN2CCc3nc(OCC(F)F)sc3CC2)CC1)c1ccn2ncccc12. The summed E-state index contributed by atoms with van der Waals surface area (Å²) in [5.41, 5.74) is 2.70. The van der Waals surface area contributed by atoms with Gasteiger partial charge in [-0.25, -0.2) is 18.3 Å². The molecule has 0 unspecified atom stereocenters. The van der Waals surface area contributed by atoms with Crippen LogP contribution in [0.25, 0.3) is 5.52 Å². The minimum absolute atomic E-state index is 0.234. The van der Waals surface area contributed by atoms with Crippen molar-refractivity contribution in [1.82, 2.24) is 19.5 Å². The maximum atomic E-state index is 12.9. The molecule has 9 heteroatoms. The van der Waals surface area contributed by atoms with Gasteiger partial charge in [-0.05, 0) is 62.3 Å². The number of thiazole rings is 1. The zero-order valence-corrected chi connectivity index (χ0v) is 20.7. The average molecular weight is 503 g/mol. The van der Waals surface area contributed by atoms with Crippen molar-refractivity contribution < 1.29 is 18.3 Å². The van der Waals surface area contributed by atoms with Gasteiger partial charge in [-0.15, -0.1) is 0 Å². The molecule has 0 spiro atoms. The summed E-state index contributed by atoms with van der Waals surface area (Å²) in [4.78, 5) is 21.0. The highest BCUT2D eigenvalue weighted by Gasteiger charge is 2.26. The van der Waals surface area contributed by atoms with E-state index in [1.807, 2.05) is 24.4 Å². The van der Waals surface area contributed by atoms with Gasteiger partial charge in [-0.1, -0.05) is 24.2 Å². The Morgan fingerprint density at radius 2 is 1.94 bits per heavy atom. The topological polar surface area (TPSA) is 59.7 Å². The molecule has 0 N–H and O–H groups in total. The first-order valence-electron chi connectivity index (χ1n) is 12.6. The van der Waals surface area contributed by atoms with Gasteiger partial charge in [0, 0.05) is 48.8 Å². The number of ether oxygens (including phenoxy) is 1. The summed E-state index contributed by atoms with van der Waals surface area (Å²) in [6, 6.07) is 5.72. The standard InChI is InChI=1S/C26H32F2N4O2S/c27-25(28)17-34-26-30-21-9-13-31(14-10-24(21)35-26)12-7-18-3-5-19(6-4-18)16-23(33)20-8-15-32-22(20)2-1-11-29-32/h1-2,8,11,15,18-19,25H,3-7,9-10,12-14,16-17H2. The van der Waals surface area contributed by atoms with Gasteiger partial charge in [0.05, 0.1) is 11.2 Å². The van der Waals surface area contributed by atoms with E-state index < -0.39 is 13.0 Å². The van der Waals surface area contributed by atoms with E-state index in [1.54, 1.807) is 10.7 Å². The summed E-state index contributed by atoms with van der Waals surface area (Å²) in [6.07, 6.45) is 9.35. The first kappa shape index (κ1) is 24.3. The second kappa shape index (κ2) is 11.1. The van der Waals surface area contributed by atoms with Crippen LogP contribution in [0.4, 0.5) is 8.78 Å². The molecule has 5 rings (SSSR count). The second-order valence-corrected chi connectivity index (χ2v) is 10.8. The molecular weight excluding hydrogens is 470 g/mol. The number of aromatic nitrogens is 3. The van der Waals surface area contributed by atoms with Gasteiger partial charge in [-0.3, -0.25) is 4.79 Å². The Bertz CT molecular complexity index is 1110. The van der Waals surface area contributed by atoms with E-state index in [1.165, 1.54) is 35.5 Å². The highest BCUT2D eigenvalue weighted by Crippen LogP contribution is 2.34. The smallest absolute Gasteiger partial charge is 0.273 e. The van der Waals surface area contributed by atoms with Crippen LogP contribution in [0.3, 0.4) is 0 Å². The molecule has 1 aliphatic heterocycles. The molecule has 1 aliphatic carbocycles. The van der Waals surface area contributed by atoms with Crippen molar-refractivity contribution in [3.8, 4) is 5.19 Å². The molecule has 4 heterocycles. The molecular formula is C26H32F2N4O2S. The number of Topliss-reactive ketones (excluding diaryl/α,β-unsaturated/α-hetero) is 1. The molecule has 1 saturated carbocycles. The lowest BCUT2D eigenvalue weighted by Gasteiger charge is -2.30. The first-order valence-corrected chi connectivity index (χ1v) is 13.4. The van der Waals surface area contributed by atoms with E-state index in [2.05, 4.69) is 15.0 Å². The number of carbonyl (C=O) groups excluding carboxylic acids is 1. The van der Waals surface area contributed by atoms with Crippen molar-refractivity contribution in [2.24, 2.45) is 11.8 Å². The number of fused-ring (bicyclic) bond motifs is 2. The summed E-state index contributed by atoms with van der Waals surface area (Å²) >= 11 is 1.42. The lowest BCUT2D eigenvalue weighted by atomic mass is 9.78. The highest BCUT2D eigenvalue weighted by molar-refractivity contribution is 7.13. The summed E-state index contributed by atoms with van der Waals surface area (Å²) in [5.74, 6) is 1.44. The zero-order valence-electron chi connectivity index (χ0n) is 19.9. The summed E-state index contributed by atoms with van der Waals surface area (Å²) in [5, 5.41) is 4.63. The van der Waals surface area contributed by atoms with E-state index >= 15 is 0 Å². The summed E-state index contributed by atoms with van der Waals surface area (Å²) < 4.78 is 31.6. The quantitative estimate of drug-likeness (QED) is 0.372. The van der Waals surface area contributed by atoms with E-state index in [0.29, 0.717) is 17.5 Å². The highest BCUT2D eigenvalue weighted by atomic mass is 32.1. The van der Waals surface area contributed by atoms with E-state index in [0.717, 1.165) is 68.0 Å². The van der Waals surface area contributed by atoms with Gasteiger partial charge < -0.3 is 9.64 Å². The molecule has 2 aliphatic rings. The van der Waals surface area contributed by atoms with Crippen LogP contribution in [0, 0.1) is 11.8 Å². The maximum Gasteiger partial charge on any atom is 0.273 e. The second-order valence-electron chi connectivity index (χ2n) is 9.78. The number of rotatable bonds is 9. The Kier molecular flexibility index (Phi) is 7.72. The molecule has 0 amide bonds. The van der Waals surface area contributed by atoms with Gasteiger partial charge in [0.25, 0.3) is 11.6 Å². The number of nitrogens with zero attached hydrogens (tertiary/aromatic N) is 4. The molecule has 0 saturated heterocycles. The predicted molar refractivity (Wildman–Crippen MR) is 132 cm³/mol. The Morgan fingerprint density at radius 1 is 1.14 bits per heavy atom. The molecule has 0 atom stereocenters. The molecule has 35 heavy (non-hydrogen) atoms. The molecule has 0 bridgehead atoms. The van der Waals surface area contributed by atoms with Crippen LogP contribution < -0.4 is 4.74 Å². The number of hydrogen-bond donors (Lipinski definition) is 0. The lowest BCUT2D eigenvalue weighted by molar-refractivity contribution is 0.0816. The number of carbonyl (C=O) groups is 1. The van der Waals surface area contributed by atoms with E-state index in [9.17, 15) is 13.6 Å². The Morgan fingerprint density at radius 3 is 2.77 bits per heavy atom. The van der Waals surface area contributed by atoms with Crippen LogP contribution in [0.15, 0.2) is 30.6 Å². The van der Waals surface area contributed by atoms with E-state index in [4.69, 9.17) is 4.74 Å². The average Bonchev–Trinajstić information content (AvgIpc) is 3.42. The van der Waals surface area contributed by atoms with Crippen molar-refractivity contribution in [2.45, 2.75) is 57.8 Å². The molecule has 0 aromatic carbocycles. The monoisotopic (exact) mass is 502 g/mol. The van der Waals surface area contributed by atoms with Crippen molar-refractivity contribution >= 4 is 22.6 Å². The van der Waals surface area contributed by atoms with Crippen LogP contribution in [0.2, 0.25) is 0 Å². The molecule has 1 fully saturated rings. The zero-order chi connectivity index (χ0) is 24.2. The Balaban J connectivity index is 1.03. The normalized spacial score (nSPS) is 21.2. The third kappa shape index (κ3) is 6.06. The molecule has 3 aromatic heterocycles. The van der Waals surface area contributed by atoms with Gasteiger partial charge in [0.1, 0.15) is 0 Å². The van der Waals surface area contributed by atoms with Gasteiger partial charge in [0.15, 0.2) is 12.4 Å². The minimum atomic E-state index is -2.47. The van der Waals surface area contributed by atoms with Gasteiger partial charge in [-0.2, -0.15) is 5.10 Å². The van der Waals surface area contributed by atoms with Crippen molar-refractivity contribution in [2.75, 3.05) is 26.2 Å². The van der Waals surface area contributed by atoms with Gasteiger partial charge >= 0.3 is 0 Å². The van der Waals surface area contributed by atoms with Crippen LogP contribution in [0.1, 0.15) is 59.5 Å². The number of ketones is 1. The molecule has 6 nitrogen and oxygen atoms in total. The lowest BCUT2D eigenvalue weighted by Crippen LogP contribution is -2.29. The maximum absolute atomic E-state index is 12.9. The van der Waals surface area contributed by atoms with Crippen LogP contribution >= 0.6 is 11.3 Å². The van der Waals surface area contributed by atoms with E-state index in [-0.39, 0.29) is 5.78 Å². The van der Waals surface area contributed by atoms with Gasteiger partial charge in [0.2, 0.25) is 0 Å². The fourth-order valence-corrected chi connectivity index (χ4v) is 6.40. The number of alkyl halides is 2. The van der Waals surface area contributed by atoms with Crippen molar-refractivity contribution in [1.29, 1.82) is 0 Å². The minimum Gasteiger partial charge on any atom is -0.464 e. The molecule has 0 radical (unpaired) electrons. The van der Waals surface area contributed by atoms with Crippen molar-refractivity contribution in [3.63, 3.8) is 0 Å². The third-order valence-electron chi connectivity index (χ3n) is 7.44. The number of halogens is 2. The summed E-state index contributed by atoms with van der Waals surface area (Å²) in [7, 11) is 0. The first-order chi connectivity index (χ1) is 17.0. The van der Waals surface area contributed by atoms with Crippen LogP contribution in [-0.2, 0) is 12.8 Å². The van der Waals surface area contributed by atoms with Crippen LogP contribution in [0.5, 0.6) is 5.19 Å². The molecule has 3 aromatic rings. The Labute approximate surface area is 208 Å². The summed E-state index contributed by atoms with van der Waals surface area (Å²) in [6.45, 7) is 2.43. The van der Waals surface area contributed by atoms with Crippen LogP contribution in [-0.4, -0.2) is 57.9 Å². The van der Waals surface area contributed by atoms with Crippen molar-refractivity contribution in [3.05, 3.63) is 46.7 Å². The fraction of sp³-hybridized carbons (Fsp3) is 0.577. The largest absolute Gasteiger partial charge is 0.464 e. The third-order valence-corrected chi connectivity index (χ3v) is 8.51. The Hall–Kier alpha value is -2.39. The fourth-order valence-electron chi connectivity index (χ4n) is 5.45.